The smallest absolute Gasteiger partial charge is 0.234 e. The van der Waals surface area contributed by atoms with Crippen LogP contribution >= 0.6 is 0 Å². The molecule has 3 N–H and O–H groups in total. The van der Waals surface area contributed by atoms with Gasteiger partial charge in [-0.15, -0.1) is 0 Å². The lowest BCUT2D eigenvalue weighted by molar-refractivity contribution is -0.128. The molecule has 0 aromatic carbocycles. The maximum Gasteiger partial charge on any atom is 0.234 e. The molecule has 8 nitrogen and oxygen atoms in total. The summed E-state index contributed by atoms with van der Waals surface area (Å²) in [5, 5.41) is 15.3. The first-order chi connectivity index (χ1) is 13.0. The summed E-state index contributed by atoms with van der Waals surface area (Å²) in [6.45, 7) is 3.80. The van der Waals surface area contributed by atoms with Gasteiger partial charge in [0.1, 0.15) is 6.10 Å². The van der Waals surface area contributed by atoms with E-state index in [0.29, 0.717) is 6.54 Å². The van der Waals surface area contributed by atoms with Crippen LogP contribution in [0.1, 0.15) is 25.7 Å². The molecule has 0 saturated carbocycles. The average Bonchev–Trinajstić information content (AvgIpc) is 2.63. The SMILES string of the molecule is CN(C)CC(=O)N[C@@H]1C=C[C@@H](CC(=O)NCCN2CCCCC2)O[C@@H]1CO. The Labute approximate surface area is 161 Å². The summed E-state index contributed by atoms with van der Waals surface area (Å²) in [7, 11) is 3.63. The zero-order valence-corrected chi connectivity index (χ0v) is 16.5. The zero-order chi connectivity index (χ0) is 19.6. The van der Waals surface area contributed by atoms with Crippen LogP contribution in [-0.4, -0.2) is 98.4 Å². The number of carbonyl (C=O) groups excluding carboxylic acids is 2. The molecule has 3 atom stereocenters. The Kier molecular flexibility index (Phi) is 9.20. The van der Waals surface area contributed by atoms with Gasteiger partial charge in [-0.25, -0.2) is 0 Å². The lowest BCUT2D eigenvalue weighted by Crippen LogP contribution is -2.50. The maximum atomic E-state index is 12.1. The minimum absolute atomic E-state index is 0.0616. The van der Waals surface area contributed by atoms with Gasteiger partial charge in [0.05, 0.1) is 31.7 Å². The highest BCUT2D eigenvalue weighted by Crippen LogP contribution is 2.15. The molecule has 0 radical (unpaired) electrons. The maximum absolute atomic E-state index is 12.1. The highest BCUT2D eigenvalue weighted by Gasteiger charge is 2.29. The number of ether oxygens (including phenoxy) is 1. The van der Waals surface area contributed by atoms with E-state index in [4.69, 9.17) is 4.74 Å². The molecule has 2 amide bonds. The molecule has 154 valence electrons. The lowest BCUT2D eigenvalue weighted by atomic mass is 10.0. The van der Waals surface area contributed by atoms with Crippen LogP contribution in [0.2, 0.25) is 0 Å². The van der Waals surface area contributed by atoms with Gasteiger partial charge < -0.3 is 30.3 Å². The molecular weight excluding hydrogens is 348 g/mol. The number of likely N-dealkylation sites (tertiary alicyclic amines) is 1. The van der Waals surface area contributed by atoms with E-state index < -0.39 is 6.10 Å². The summed E-state index contributed by atoms with van der Waals surface area (Å²) in [6.07, 6.45) is 6.65. The Morgan fingerprint density at radius 3 is 2.59 bits per heavy atom. The molecule has 0 spiro atoms. The van der Waals surface area contributed by atoms with Crippen LogP contribution in [-0.2, 0) is 14.3 Å². The van der Waals surface area contributed by atoms with Crippen LogP contribution in [0.25, 0.3) is 0 Å². The Morgan fingerprint density at radius 1 is 1.19 bits per heavy atom. The van der Waals surface area contributed by atoms with Gasteiger partial charge in [0.15, 0.2) is 0 Å². The fourth-order valence-electron chi connectivity index (χ4n) is 3.45. The van der Waals surface area contributed by atoms with Crippen molar-refractivity contribution in [2.45, 2.75) is 43.9 Å². The average molecular weight is 383 g/mol. The molecule has 1 saturated heterocycles. The molecule has 2 aliphatic heterocycles. The van der Waals surface area contributed by atoms with Gasteiger partial charge in [-0.2, -0.15) is 0 Å². The van der Waals surface area contributed by atoms with Crippen LogP contribution in [0.4, 0.5) is 0 Å². The number of hydrogen-bond donors (Lipinski definition) is 3. The second-order valence-corrected chi connectivity index (χ2v) is 7.57. The van der Waals surface area contributed by atoms with Crippen molar-refractivity contribution in [2.24, 2.45) is 0 Å². The van der Waals surface area contributed by atoms with Gasteiger partial charge in [-0.3, -0.25) is 9.59 Å². The summed E-state index contributed by atoms with van der Waals surface area (Å²) in [4.78, 5) is 28.2. The summed E-state index contributed by atoms with van der Waals surface area (Å²) in [6, 6.07) is -0.388. The second-order valence-electron chi connectivity index (χ2n) is 7.57. The minimum Gasteiger partial charge on any atom is -0.394 e. The van der Waals surface area contributed by atoms with Crippen LogP contribution < -0.4 is 10.6 Å². The molecule has 2 aliphatic rings. The lowest BCUT2D eigenvalue weighted by Gasteiger charge is -2.32. The predicted octanol–water partition coefficient (Wildman–Crippen LogP) is -0.659. The van der Waals surface area contributed by atoms with Crippen LogP contribution in [0.3, 0.4) is 0 Å². The van der Waals surface area contributed by atoms with Crippen molar-refractivity contribution in [3.05, 3.63) is 12.2 Å². The van der Waals surface area contributed by atoms with E-state index in [-0.39, 0.29) is 43.5 Å². The summed E-state index contributed by atoms with van der Waals surface area (Å²) in [5.74, 6) is -0.195. The second kappa shape index (κ2) is 11.4. The Bertz CT molecular complexity index is 506. The topological polar surface area (TPSA) is 94.1 Å². The molecule has 1 fully saturated rings. The monoisotopic (exact) mass is 382 g/mol. The molecule has 2 rings (SSSR count). The molecule has 27 heavy (non-hydrogen) atoms. The molecule has 0 unspecified atom stereocenters. The number of aliphatic hydroxyl groups is 1. The van der Waals surface area contributed by atoms with Gasteiger partial charge in [0.25, 0.3) is 0 Å². The van der Waals surface area contributed by atoms with E-state index in [1.165, 1.54) is 19.3 Å². The van der Waals surface area contributed by atoms with Crippen LogP contribution in [0.5, 0.6) is 0 Å². The number of likely N-dealkylation sites (N-methyl/N-ethyl adjacent to an activating group) is 1. The first kappa shape index (κ1) is 21.8. The van der Waals surface area contributed by atoms with Crippen LogP contribution in [0, 0.1) is 0 Å². The number of piperidine rings is 1. The number of hydrogen-bond acceptors (Lipinski definition) is 6. The largest absolute Gasteiger partial charge is 0.394 e. The predicted molar refractivity (Wildman–Crippen MR) is 103 cm³/mol. The number of nitrogens with zero attached hydrogens (tertiary/aromatic N) is 2. The van der Waals surface area contributed by atoms with E-state index in [1.807, 2.05) is 20.2 Å². The number of amides is 2. The summed E-state index contributed by atoms with van der Waals surface area (Å²) < 4.78 is 5.78. The van der Waals surface area contributed by atoms with Crippen molar-refractivity contribution in [3.63, 3.8) is 0 Å². The standard InChI is InChI=1S/C19H34N4O4/c1-22(2)13-19(26)21-16-7-6-15(27-17(16)14-24)12-18(25)20-8-11-23-9-4-3-5-10-23/h6-7,15-17,24H,3-5,8-14H2,1-2H3,(H,20,25)(H,21,26)/t15-,16+,17+/m0/s1. The molecule has 0 aromatic heterocycles. The summed E-state index contributed by atoms with van der Waals surface area (Å²) in [5.41, 5.74) is 0. The Balaban J connectivity index is 1.72. The molecule has 0 aromatic rings. The highest BCUT2D eigenvalue weighted by atomic mass is 16.5. The molecule has 2 heterocycles. The van der Waals surface area contributed by atoms with Gasteiger partial charge in [0.2, 0.25) is 11.8 Å². The summed E-state index contributed by atoms with van der Waals surface area (Å²) >= 11 is 0. The fourth-order valence-corrected chi connectivity index (χ4v) is 3.45. The first-order valence-corrected chi connectivity index (χ1v) is 9.85. The van der Waals surface area contributed by atoms with Crippen LogP contribution in [0.15, 0.2) is 12.2 Å². The third kappa shape index (κ3) is 7.96. The third-order valence-corrected chi connectivity index (χ3v) is 4.84. The number of aliphatic hydroxyl groups excluding tert-OH is 1. The molecule has 0 bridgehead atoms. The molecule has 8 heteroatoms. The molecule has 0 aliphatic carbocycles. The number of nitrogens with one attached hydrogen (secondary N) is 2. The zero-order valence-electron chi connectivity index (χ0n) is 16.5. The van der Waals surface area contributed by atoms with E-state index in [0.717, 1.165) is 19.6 Å². The minimum atomic E-state index is -0.549. The quantitative estimate of drug-likeness (QED) is 0.459. The van der Waals surface area contributed by atoms with Crippen molar-refractivity contribution in [1.29, 1.82) is 0 Å². The van der Waals surface area contributed by atoms with E-state index >= 15 is 0 Å². The Hall–Kier alpha value is -1.48. The van der Waals surface area contributed by atoms with E-state index in [1.54, 1.807) is 11.0 Å². The van der Waals surface area contributed by atoms with Gasteiger partial charge >= 0.3 is 0 Å². The van der Waals surface area contributed by atoms with Gasteiger partial charge in [0, 0.05) is 13.1 Å². The molecular formula is C19H34N4O4. The third-order valence-electron chi connectivity index (χ3n) is 4.84. The van der Waals surface area contributed by atoms with Crippen molar-refractivity contribution < 1.29 is 19.4 Å². The van der Waals surface area contributed by atoms with E-state index in [9.17, 15) is 14.7 Å². The number of carbonyl (C=O) groups is 2. The van der Waals surface area contributed by atoms with E-state index in [2.05, 4.69) is 15.5 Å². The number of rotatable bonds is 9. The normalized spacial score (nSPS) is 26.1. The van der Waals surface area contributed by atoms with Gasteiger partial charge in [-0.1, -0.05) is 18.6 Å². The first-order valence-electron chi connectivity index (χ1n) is 9.85. The van der Waals surface area contributed by atoms with Crippen molar-refractivity contribution >= 4 is 11.8 Å². The van der Waals surface area contributed by atoms with Crippen molar-refractivity contribution in [3.8, 4) is 0 Å². The van der Waals surface area contributed by atoms with Crippen molar-refractivity contribution in [1.82, 2.24) is 20.4 Å². The highest BCUT2D eigenvalue weighted by molar-refractivity contribution is 5.78. The Morgan fingerprint density at radius 2 is 1.93 bits per heavy atom. The fraction of sp³-hybridized carbons (Fsp3) is 0.789. The van der Waals surface area contributed by atoms with Gasteiger partial charge in [-0.05, 0) is 40.0 Å². The van der Waals surface area contributed by atoms with Crippen molar-refractivity contribution in [2.75, 3.05) is 53.4 Å².